The number of fused-ring (bicyclic) bond motifs is 1. The summed E-state index contributed by atoms with van der Waals surface area (Å²) in [7, 11) is 0. The summed E-state index contributed by atoms with van der Waals surface area (Å²) in [5, 5.41) is 10.6. The Hall–Kier alpha value is -2.41. The van der Waals surface area contributed by atoms with Crippen molar-refractivity contribution in [3.8, 4) is 11.3 Å². The predicted octanol–water partition coefficient (Wildman–Crippen LogP) is 1.80. The van der Waals surface area contributed by atoms with Crippen LogP contribution in [0, 0.1) is 0 Å². The first-order valence-electron chi connectivity index (χ1n) is 5.39. The number of rotatable bonds is 3. The molecule has 0 unspecified atom stereocenters. The van der Waals surface area contributed by atoms with Gasteiger partial charge in [-0.3, -0.25) is 9.36 Å². The van der Waals surface area contributed by atoms with Crippen molar-refractivity contribution >= 4 is 28.4 Å². The molecule has 0 atom stereocenters. The maximum atomic E-state index is 11.6. The van der Waals surface area contributed by atoms with Gasteiger partial charge in [-0.15, -0.1) is 11.3 Å². The number of oxazole rings is 1. The lowest BCUT2D eigenvalue weighted by Crippen LogP contribution is -2.19. The molecule has 2 heterocycles. The number of nitrogens with zero attached hydrogens (tertiary/aromatic N) is 2. The molecule has 0 bridgehead atoms. The van der Waals surface area contributed by atoms with E-state index in [0.29, 0.717) is 11.1 Å². The number of carbonyl (C=O) groups is 1. The number of hydrogen-bond acceptors (Lipinski definition) is 5. The summed E-state index contributed by atoms with van der Waals surface area (Å²) in [5.74, 6) is -1.76. The van der Waals surface area contributed by atoms with Crippen LogP contribution in [0.1, 0.15) is 0 Å². The second kappa shape index (κ2) is 4.36. The third kappa shape index (κ3) is 2.04. The second-order valence-corrected chi connectivity index (χ2v) is 4.62. The van der Waals surface area contributed by atoms with Crippen molar-refractivity contribution in [3.05, 3.63) is 39.6 Å². The number of aliphatic carboxylic acids is 1. The summed E-state index contributed by atoms with van der Waals surface area (Å²) >= 11 is 1.47. The Morgan fingerprint density at radius 1 is 1.47 bits per heavy atom. The van der Waals surface area contributed by atoms with Crippen molar-refractivity contribution in [1.29, 1.82) is 0 Å². The van der Waals surface area contributed by atoms with E-state index in [1.807, 2.05) is 5.38 Å². The summed E-state index contributed by atoms with van der Waals surface area (Å²) in [5.41, 5.74) is 4.15. The summed E-state index contributed by atoms with van der Waals surface area (Å²) in [4.78, 5) is 26.5. The van der Waals surface area contributed by atoms with Gasteiger partial charge >= 0.3 is 11.7 Å². The van der Waals surface area contributed by atoms with Crippen LogP contribution in [0.15, 0.2) is 38.3 Å². The second-order valence-electron chi connectivity index (χ2n) is 3.90. The average Bonchev–Trinajstić information content (AvgIpc) is 2.97. The van der Waals surface area contributed by atoms with Gasteiger partial charge in [-0.2, -0.15) is 0 Å². The van der Waals surface area contributed by atoms with Crippen molar-refractivity contribution in [2.75, 3.05) is 0 Å². The Morgan fingerprint density at radius 3 is 3.00 bits per heavy atom. The molecule has 2 aromatic heterocycles. The van der Waals surface area contributed by atoms with Gasteiger partial charge in [-0.1, -0.05) is 6.07 Å². The van der Waals surface area contributed by atoms with Gasteiger partial charge in [0.2, 0.25) is 0 Å². The van der Waals surface area contributed by atoms with E-state index in [9.17, 15) is 9.59 Å². The van der Waals surface area contributed by atoms with Crippen LogP contribution >= 0.6 is 11.3 Å². The van der Waals surface area contributed by atoms with Gasteiger partial charge in [0.15, 0.2) is 5.58 Å². The maximum Gasteiger partial charge on any atom is 0.420 e. The number of thiazole rings is 1. The lowest BCUT2D eigenvalue weighted by atomic mass is 10.1. The molecule has 3 rings (SSSR count). The number of carboxylic acid groups (broad SMARTS) is 1. The van der Waals surface area contributed by atoms with E-state index in [-0.39, 0.29) is 0 Å². The first-order valence-corrected chi connectivity index (χ1v) is 6.33. The Labute approximate surface area is 110 Å². The molecule has 0 amide bonds. The Balaban J connectivity index is 2.16. The fourth-order valence-electron chi connectivity index (χ4n) is 1.87. The highest BCUT2D eigenvalue weighted by molar-refractivity contribution is 7.07. The van der Waals surface area contributed by atoms with E-state index in [0.717, 1.165) is 15.8 Å². The fraction of sp³-hybridized carbons (Fsp3) is 0.0833. The van der Waals surface area contributed by atoms with Crippen LogP contribution in [-0.2, 0) is 11.3 Å². The molecule has 7 heteroatoms. The molecule has 0 spiro atoms. The highest BCUT2D eigenvalue weighted by atomic mass is 32.1. The van der Waals surface area contributed by atoms with Gasteiger partial charge in [-0.25, -0.2) is 9.78 Å². The number of aromatic nitrogens is 2. The van der Waals surface area contributed by atoms with Crippen LogP contribution in [-0.4, -0.2) is 20.6 Å². The molecule has 0 aliphatic rings. The molecule has 0 aliphatic heterocycles. The van der Waals surface area contributed by atoms with Gasteiger partial charge in [-0.05, 0) is 12.1 Å². The molecule has 0 saturated heterocycles. The third-order valence-electron chi connectivity index (χ3n) is 2.69. The first-order chi connectivity index (χ1) is 9.15. The monoisotopic (exact) mass is 276 g/mol. The van der Waals surface area contributed by atoms with Gasteiger partial charge in [0.25, 0.3) is 0 Å². The van der Waals surface area contributed by atoms with Crippen molar-refractivity contribution in [2.45, 2.75) is 6.54 Å². The predicted molar refractivity (Wildman–Crippen MR) is 69.2 cm³/mol. The van der Waals surface area contributed by atoms with Crippen LogP contribution in [0.25, 0.3) is 22.4 Å². The highest BCUT2D eigenvalue weighted by Crippen LogP contribution is 2.23. The minimum atomic E-state index is -1.09. The third-order valence-corrected chi connectivity index (χ3v) is 3.28. The van der Waals surface area contributed by atoms with Crippen molar-refractivity contribution in [3.63, 3.8) is 0 Å². The van der Waals surface area contributed by atoms with Crippen molar-refractivity contribution in [2.24, 2.45) is 0 Å². The zero-order valence-corrected chi connectivity index (χ0v) is 10.4. The largest absolute Gasteiger partial charge is 0.480 e. The maximum absolute atomic E-state index is 11.6. The van der Waals surface area contributed by atoms with Gasteiger partial charge in [0.05, 0.1) is 16.7 Å². The Kier molecular flexibility index (Phi) is 2.68. The van der Waals surface area contributed by atoms with Gasteiger partial charge < -0.3 is 9.52 Å². The Morgan fingerprint density at radius 2 is 2.32 bits per heavy atom. The quantitative estimate of drug-likeness (QED) is 0.788. The van der Waals surface area contributed by atoms with Crippen molar-refractivity contribution in [1.82, 2.24) is 9.55 Å². The van der Waals surface area contributed by atoms with E-state index in [1.165, 1.54) is 11.3 Å². The minimum Gasteiger partial charge on any atom is -0.480 e. The van der Waals surface area contributed by atoms with Crippen LogP contribution in [0.3, 0.4) is 0 Å². The highest BCUT2D eigenvalue weighted by Gasteiger charge is 2.13. The molecule has 1 aromatic carbocycles. The van der Waals surface area contributed by atoms with Gasteiger partial charge in [0, 0.05) is 10.9 Å². The lowest BCUT2D eigenvalue weighted by molar-refractivity contribution is -0.137. The van der Waals surface area contributed by atoms with Crippen LogP contribution in [0.5, 0.6) is 0 Å². The van der Waals surface area contributed by atoms with Crippen molar-refractivity contribution < 1.29 is 14.3 Å². The van der Waals surface area contributed by atoms with E-state index in [1.54, 1.807) is 23.7 Å². The molecular formula is C12H8N2O4S. The van der Waals surface area contributed by atoms with E-state index in [4.69, 9.17) is 9.52 Å². The summed E-state index contributed by atoms with van der Waals surface area (Å²) in [6, 6.07) is 5.13. The first kappa shape index (κ1) is 11.7. The normalized spacial score (nSPS) is 10.9. The smallest absolute Gasteiger partial charge is 0.420 e. The molecule has 96 valence electrons. The van der Waals surface area contributed by atoms with E-state index in [2.05, 4.69) is 4.98 Å². The standard InChI is InChI=1S/C12H8N2O4S/c15-11(16)4-14-9-2-1-7(8-5-19-6-13-8)3-10(9)18-12(14)17/h1-3,5-6H,4H2,(H,15,16). The molecule has 3 aromatic rings. The van der Waals surface area contributed by atoms with Crippen LogP contribution in [0.4, 0.5) is 0 Å². The summed E-state index contributed by atoms with van der Waals surface area (Å²) < 4.78 is 6.14. The molecule has 0 radical (unpaired) electrons. The fourth-order valence-corrected chi connectivity index (χ4v) is 2.43. The van der Waals surface area contributed by atoms with E-state index < -0.39 is 18.3 Å². The molecule has 0 aliphatic carbocycles. The Bertz CT molecular complexity index is 801. The van der Waals surface area contributed by atoms with Gasteiger partial charge in [0.1, 0.15) is 6.54 Å². The number of benzene rings is 1. The molecule has 0 fully saturated rings. The zero-order chi connectivity index (χ0) is 13.4. The summed E-state index contributed by atoms with van der Waals surface area (Å²) in [6.07, 6.45) is 0. The topological polar surface area (TPSA) is 85.3 Å². The lowest BCUT2D eigenvalue weighted by Gasteiger charge is -1.98. The van der Waals surface area contributed by atoms with E-state index >= 15 is 0 Å². The minimum absolute atomic E-state index is 0.358. The number of hydrogen-bond donors (Lipinski definition) is 1. The van der Waals surface area contributed by atoms with Crippen LogP contribution in [0.2, 0.25) is 0 Å². The number of carboxylic acids is 1. The average molecular weight is 276 g/mol. The SMILES string of the molecule is O=C(O)Cn1c(=O)oc2cc(-c3cscn3)ccc21. The molecule has 6 nitrogen and oxygen atoms in total. The van der Waals surface area contributed by atoms with Crippen LogP contribution < -0.4 is 5.76 Å². The molecule has 1 N–H and O–H groups in total. The molecule has 0 saturated carbocycles. The summed E-state index contributed by atoms with van der Waals surface area (Å²) in [6.45, 7) is -0.415. The molecular weight excluding hydrogens is 268 g/mol. The zero-order valence-electron chi connectivity index (χ0n) is 9.57. The molecule has 19 heavy (non-hydrogen) atoms.